The van der Waals surface area contributed by atoms with E-state index in [4.69, 9.17) is 5.73 Å². The van der Waals surface area contributed by atoms with E-state index in [2.05, 4.69) is 25.8 Å². The van der Waals surface area contributed by atoms with Gasteiger partial charge in [-0.1, -0.05) is 39.5 Å². The van der Waals surface area contributed by atoms with Crippen molar-refractivity contribution in [2.24, 2.45) is 17.6 Å². The highest BCUT2D eigenvalue weighted by atomic mass is 15.2. The molecule has 2 aliphatic rings. The van der Waals surface area contributed by atoms with Crippen LogP contribution >= 0.6 is 0 Å². The third-order valence-corrected chi connectivity index (χ3v) is 6.32. The van der Waals surface area contributed by atoms with Gasteiger partial charge < -0.3 is 5.73 Å². The SMILES string of the molecule is CCCC1CCC(CN)(N(C)C2CCCC(C)C2)CC1. The van der Waals surface area contributed by atoms with Crippen LogP contribution in [0.2, 0.25) is 0 Å². The van der Waals surface area contributed by atoms with Crippen LogP contribution in [0.15, 0.2) is 0 Å². The van der Waals surface area contributed by atoms with Crippen molar-refractivity contribution < 1.29 is 0 Å². The molecule has 118 valence electrons. The summed E-state index contributed by atoms with van der Waals surface area (Å²) in [5.74, 6) is 1.88. The fourth-order valence-corrected chi connectivity index (χ4v) is 4.75. The second-order valence-electron chi connectivity index (χ2n) is 7.70. The van der Waals surface area contributed by atoms with Crippen LogP contribution in [0, 0.1) is 11.8 Å². The summed E-state index contributed by atoms with van der Waals surface area (Å²) in [6, 6.07) is 0.782. The van der Waals surface area contributed by atoms with E-state index in [0.717, 1.165) is 24.4 Å². The minimum absolute atomic E-state index is 0.311. The van der Waals surface area contributed by atoms with Crippen LogP contribution in [0.25, 0.3) is 0 Å². The van der Waals surface area contributed by atoms with Gasteiger partial charge in [0.05, 0.1) is 0 Å². The van der Waals surface area contributed by atoms with Crippen LogP contribution in [0.1, 0.15) is 78.1 Å². The van der Waals surface area contributed by atoms with Crippen molar-refractivity contribution in [2.45, 2.75) is 89.6 Å². The van der Waals surface area contributed by atoms with Gasteiger partial charge in [-0.25, -0.2) is 0 Å². The van der Waals surface area contributed by atoms with Gasteiger partial charge >= 0.3 is 0 Å². The van der Waals surface area contributed by atoms with Crippen molar-refractivity contribution >= 4 is 0 Å². The lowest BCUT2D eigenvalue weighted by atomic mass is 9.72. The summed E-state index contributed by atoms with van der Waals surface area (Å²) in [7, 11) is 2.37. The van der Waals surface area contributed by atoms with Gasteiger partial charge in [0.25, 0.3) is 0 Å². The topological polar surface area (TPSA) is 29.3 Å². The van der Waals surface area contributed by atoms with E-state index in [0.29, 0.717) is 5.54 Å². The molecular formula is C18H36N2. The molecule has 2 unspecified atom stereocenters. The van der Waals surface area contributed by atoms with Gasteiger partial charge in [-0.3, -0.25) is 4.90 Å². The van der Waals surface area contributed by atoms with E-state index in [1.807, 2.05) is 0 Å². The fraction of sp³-hybridized carbons (Fsp3) is 1.00. The Morgan fingerprint density at radius 1 is 1.15 bits per heavy atom. The number of nitrogens with two attached hydrogens (primary N) is 1. The van der Waals surface area contributed by atoms with Gasteiger partial charge in [-0.15, -0.1) is 0 Å². The van der Waals surface area contributed by atoms with Crippen molar-refractivity contribution in [3.05, 3.63) is 0 Å². The fourth-order valence-electron chi connectivity index (χ4n) is 4.75. The summed E-state index contributed by atoms with van der Waals surface area (Å²) in [6.45, 7) is 5.60. The Hall–Kier alpha value is -0.0800. The lowest BCUT2D eigenvalue weighted by molar-refractivity contribution is 0.00938. The van der Waals surface area contributed by atoms with Crippen molar-refractivity contribution in [1.29, 1.82) is 0 Å². The molecule has 0 aromatic heterocycles. The van der Waals surface area contributed by atoms with Gasteiger partial charge in [-0.2, -0.15) is 0 Å². The summed E-state index contributed by atoms with van der Waals surface area (Å²) in [5, 5.41) is 0. The van der Waals surface area contributed by atoms with E-state index in [-0.39, 0.29) is 0 Å². The Balaban J connectivity index is 1.96. The van der Waals surface area contributed by atoms with Gasteiger partial charge in [0.2, 0.25) is 0 Å². The van der Waals surface area contributed by atoms with Crippen LogP contribution in [-0.2, 0) is 0 Å². The molecule has 0 saturated heterocycles. The minimum atomic E-state index is 0.311. The van der Waals surface area contributed by atoms with Crippen molar-refractivity contribution in [2.75, 3.05) is 13.6 Å². The molecule has 2 saturated carbocycles. The number of hydrogen-bond acceptors (Lipinski definition) is 2. The molecule has 0 amide bonds. The van der Waals surface area contributed by atoms with E-state index < -0.39 is 0 Å². The predicted octanol–water partition coefficient (Wildman–Crippen LogP) is 4.18. The Kier molecular flexibility index (Phi) is 5.92. The summed E-state index contributed by atoms with van der Waals surface area (Å²) in [4.78, 5) is 2.71. The quantitative estimate of drug-likeness (QED) is 0.818. The summed E-state index contributed by atoms with van der Waals surface area (Å²) < 4.78 is 0. The second-order valence-corrected chi connectivity index (χ2v) is 7.70. The first-order valence-corrected chi connectivity index (χ1v) is 9.04. The minimum Gasteiger partial charge on any atom is -0.329 e. The van der Waals surface area contributed by atoms with Crippen LogP contribution in [-0.4, -0.2) is 30.1 Å². The van der Waals surface area contributed by atoms with Crippen molar-refractivity contribution in [1.82, 2.24) is 4.90 Å². The normalized spacial score (nSPS) is 39.1. The molecule has 0 heterocycles. The maximum atomic E-state index is 6.26. The Labute approximate surface area is 126 Å². The first-order chi connectivity index (χ1) is 9.61. The van der Waals surface area contributed by atoms with Gasteiger partial charge in [-0.05, 0) is 57.4 Å². The largest absolute Gasteiger partial charge is 0.329 e. The number of likely N-dealkylation sites (N-methyl/N-ethyl adjacent to an activating group) is 1. The summed E-state index contributed by atoms with van der Waals surface area (Å²) in [5.41, 5.74) is 6.57. The lowest BCUT2D eigenvalue weighted by Gasteiger charge is -2.50. The molecule has 0 aromatic carbocycles. The molecular weight excluding hydrogens is 244 g/mol. The zero-order valence-electron chi connectivity index (χ0n) is 14.0. The smallest absolute Gasteiger partial charge is 0.0331 e. The monoisotopic (exact) mass is 280 g/mol. The van der Waals surface area contributed by atoms with Crippen LogP contribution in [0.5, 0.6) is 0 Å². The average molecular weight is 281 g/mol. The molecule has 0 spiro atoms. The average Bonchev–Trinajstić information content (AvgIpc) is 2.48. The molecule has 2 rings (SSSR count). The van der Waals surface area contributed by atoms with E-state index in [1.165, 1.54) is 64.2 Å². The van der Waals surface area contributed by atoms with E-state index >= 15 is 0 Å². The highest BCUT2D eigenvalue weighted by molar-refractivity contribution is 4.97. The lowest BCUT2D eigenvalue weighted by Crippen LogP contribution is -2.58. The Bertz CT molecular complexity index is 281. The van der Waals surface area contributed by atoms with Crippen molar-refractivity contribution in [3.63, 3.8) is 0 Å². The molecule has 2 heteroatoms. The zero-order chi connectivity index (χ0) is 14.6. The first-order valence-electron chi connectivity index (χ1n) is 9.04. The van der Waals surface area contributed by atoms with Gasteiger partial charge in [0.15, 0.2) is 0 Å². The highest BCUT2D eigenvalue weighted by Gasteiger charge is 2.40. The molecule has 0 aromatic rings. The molecule has 2 atom stereocenters. The summed E-state index contributed by atoms with van der Waals surface area (Å²) in [6.07, 6.45) is 13.8. The van der Waals surface area contributed by atoms with Crippen LogP contribution in [0.3, 0.4) is 0 Å². The third-order valence-electron chi connectivity index (χ3n) is 6.32. The zero-order valence-corrected chi connectivity index (χ0v) is 14.0. The standard InChI is InChI=1S/C18H36N2/c1-4-6-16-9-11-18(14-19,12-10-16)20(3)17-8-5-7-15(2)13-17/h15-17H,4-14,19H2,1-3H3. The Morgan fingerprint density at radius 3 is 2.40 bits per heavy atom. The molecule has 2 N–H and O–H groups in total. The maximum absolute atomic E-state index is 6.26. The predicted molar refractivity (Wildman–Crippen MR) is 87.8 cm³/mol. The molecule has 0 bridgehead atoms. The molecule has 20 heavy (non-hydrogen) atoms. The molecule has 2 fully saturated rings. The number of hydrogen-bond donors (Lipinski definition) is 1. The van der Waals surface area contributed by atoms with Gasteiger partial charge in [0.1, 0.15) is 0 Å². The molecule has 0 aliphatic heterocycles. The van der Waals surface area contributed by atoms with E-state index in [9.17, 15) is 0 Å². The third kappa shape index (κ3) is 3.57. The second kappa shape index (κ2) is 7.26. The van der Waals surface area contributed by atoms with E-state index in [1.54, 1.807) is 0 Å². The molecule has 0 radical (unpaired) electrons. The number of rotatable bonds is 5. The van der Waals surface area contributed by atoms with Crippen molar-refractivity contribution in [3.8, 4) is 0 Å². The number of nitrogens with zero attached hydrogens (tertiary/aromatic N) is 1. The molecule has 2 aliphatic carbocycles. The summed E-state index contributed by atoms with van der Waals surface area (Å²) >= 11 is 0. The molecule has 2 nitrogen and oxygen atoms in total. The first kappa shape index (κ1) is 16.3. The maximum Gasteiger partial charge on any atom is 0.0331 e. The van der Waals surface area contributed by atoms with Crippen LogP contribution < -0.4 is 5.73 Å². The van der Waals surface area contributed by atoms with Crippen LogP contribution in [0.4, 0.5) is 0 Å². The van der Waals surface area contributed by atoms with Gasteiger partial charge in [0, 0.05) is 18.1 Å². The Morgan fingerprint density at radius 2 is 1.85 bits per heavy atom. The highest BCUT2D eigenvalue weighted by Crippen LogP contribution is 2.40.